The average Bonchev–Trinajstić information content (AvgIpc) is 3.60. The predicted octanol–water partition coefficient (Wildman–Crippen LogP) is 14.6. The number of rotatable bonds is 7. The van der Waals surface area contributed by atoms with Crippen LogP contribution in [0.2, 0.25) is 0 Å². The summed E-state index contributed by atoms with van der Waals surface area (Å²) in [6.45, 7) is 21.1. The molecule has 5 heteroatoms. The van der Waals surface area contributed by atoms with E-state index in [9.17, 15) is 5.11 Å². The van der Waals surface area contributed by atoms with Crippen LogP contribution in [0.3, 0.4) is 0 Å². The predicted molar refractivity (Wildman–Crippen MR) is 248 cm³/mol. The molecule has 0 atom stereocenters. The number of phenolic OH excluding ortho intramolecular Hbond substituents is 1. The minimum atomic E-state index is -0.814. The number of phenols is 1. The van der Waals surface area contributed by atoms with E-state index in [4.69, 9.17) is 11.3 Å². The fraction of sp³-hybridized carbons (Fsp3) is 0.236. The van der Waals surface area contributed by atoms with Crippen molar-refractivity contribution in [1.29, 1.82) is 0 Å². The van der Waals surface area contributed by atoms with Gasteiger partial charge in [-0.3, -0.25) is 9.55 Å². The molecule has 0 aliphatic carbocycles. The monoisotopic (exact) mass is 968 g/mol. The van der Waals surface area contributed by atoms with Gasteiger partial charge in [0.1, 0.15) is 11.6 Å². The van der Waals surface area contributed by atoms with E-state index in [0.29, 0.717) is 11.4 Å². The number of imidazole rings is 1. The molecule has 306 valence electrons. The fourth-order valence-electron chi connectivity index (χ4n) is 7.94. The Morgan fingerprint density at radius 1 is 0.650 bits per heavy atom. The zero-order chi connectivity index (χ0) is 42.7. The topological polar surface area (TPSA) is 50.9 Å². The number of para-hydroxylation sites is 1. The minimum Gasteiger partial charge on any atom is -0.507 e. The summed E-state index contributed by atoms with van der Waals surface area (Å²) in [5.74, 6) is 0.0457. The number of hydrogen-bond acceptors (Lipinski definition) is 3. The van der Waals surface area contributed by atoms with Gasteiger partial charge >= 0.3 is 0 Å². The molecule has 0 spiro atoms. The van der Waals surface area contributed by atoms with E-state index in [1.165, 1.54) is 5.56 Å². The quantitative estimate of drug-likeness (QED) is 0.162. The molecule has 1 N–H and O–H groups in total. The molecule has 60 heavy (non-hydrogen) atoms. The van der Waals surface area contributed by atoms with E-state index in [2.05, 4.69) is 169 Å². The van der Waals surface area contributed by atoms with E-state index in [-0.39, 0.29) is 37.6 Å². The van der Waals surface area contributed by atoms with Crippen LogP contribution in [0.4, 0.5) is 0 Å². The molecule has 0 saturated heterocycles. The van der Waals surface area contributed by atoms with E-state index < -0.39 is 5.89 Å². The van der Waals surface area contributed by atoms with Gasteiger partial charge in [0, 0.05) is 45.5 Å². The van der Waals surface area contributed by atoms with Gasteiger partial charge in [-0.25, -0.2) is 4.98 Å². The normalized spacial score (nSPS) is 12.3. The van der Waals surface area contributed by atoms with Crippen LogP contribution in [0.5, 0.6) is 5.75 Å². The second-order valence-electron chi connectivity index (χ2n) is 18.2. The molecule has 2 heterocycles. The van der Waals surface area contributed by atoms with Crippen LogP contribution in [0, 0.1) is 19.9 Å². The van der Waals surface area contributed by atoms with Gasteiger partial charge in [-0.1, -0.05) is 157 Å². The van der Waals surface area contributed by atoms with Crippen molar-refractivity contribution in [3.63, 3.8) is 0 Å². The standard InChI is InChI=1S/C55H54N3O.Pt/c1-34(2)39-23-24-49(45(32-39)38-15-12-11-13-16-38)58-50-18-14-17-44(51(50)57-53(58)46-27-36(4)28-47(52(46)59)55(8,9)10)41-29-42(31-43(30-41)54(5,6)7)48-33-40(25-26-56-48)37-21-19-35(3)20-22-37;/h11-28,30-34,59H,1-10H3;/q-1;/i34D;. The molecule has 2 aromatic heterocycles. The first kappa shape index (κ1) is 41.2. The van der Waals surface area contributed by atoms with Crippen molar-refractivity contribution in [2.75, 3.05) is 0 Å². The summed E-state index contributed by atoms with van der Waals surface area (Å²) in [5.41, 5.74) is 15.8. The molecule has 0 radical (unpaired) electrons. The molecule has 0 aliphatic rings. The maximum atomic E-state index is 12.2. The van der Waals surface area contributed by atoms with Crippen molar-refractivity contribution in [1.82, 2.24) is 14.5 Å². The van der Waals surface area contributed by atoms with Crippen LogP contribution in [0.15, 0.2) is 134 Å². The van der Waals surface area contributed by atoms with E-state index in [1.54, 1.807) is 0 Å². The largest absolute Gasteiger partial charge is 0.507 e. The van der Waals surface area contributed by atoms with Crippen molar-refractivity contribution >= 4 is 11.0 Å². The van der Waals surface area contributed by atoms with Gasteiger partial charge in [0.25, 0.3) is 0 Å². The van der Waals surface area contributed by atoms with Gasteiger partial charge in [0.05, 0.1) is 22.3 Å². The molecule has 4 nitrogen and oxygen atoms in total. The van der Waals surface area contributed by atoms with Crippen molar-refractivity contribution in [3.8, 4) is 67.5 Å². The Labute approximate surface area is 372 Å². The Kier molecular flexibility index (Phi) is 11.3. The third-order valence-corrected chi connectivity index (χ3v) is 11.3. The van der Waals surface area contributed by atoms with Crippen molar-refractivity contribution in [2.24, 2.45) is 0 Å². The summed E-state index contributed by atoms with van der Waals surface area (Å²) >= 11 is 0. The summed E-state index contributed by atoms with van der Waals surface area (Å²) in [6.07, 6.45) is 1.88. The Hall–Kier alpha value is -5.57. The fourth-order valence-corrected chi connectivity index (χ4v) is 7.94. The molecule has 8 aromatic rings. The van der Waals surface area contributed by atoms with Gasteiger partial charge in [0.15, 0.2) is 0 Å². The number of aromatic hydroxyl groups is 1. The minimum absolute atomic E-state index is 0. The van der Waals surface area contributed by atoms with Gasteiger partial charge in [0.2, 0.25) is 0 Å². The number of benzene rings is 6. The number of fused-ring (bicyclic) bond motifs is 1. The van der Waals surface area contributed by atoms with Crippen LogP contribution < -0.4 is 0 Å². The molecular weight excluding hydrogens is 914 g/mol. The molecule has 0 unspecified atom stereocenters. The summed E-state index contributed by atoms with van der Waals surface area (Å²) in [5, 5.41) is 12.2. The van der Waals surface area contributed by atoms with Crippen LogP contribution in [-0.4, -0.2) is 19.6 Å². The van der Waals surface area contributed by atoms with Gasteiger partial charge in [-0.15, -0.1) is 29.3 Å². The average molecular weight is 969 g/mol. The Balaban J connectivity index is 0.00000561. The van der Waals surface area contributed by atoms with Crippen LogP contribution >= 0.6 is 0 Å². The molecule has 0 amide bonds. The third kappa shape index (κ3) is 8.28. The smallest absolute Gasteiger partial charge is 0.148 e. The summed E-state index contributed by atoms with van der Waals surface area (Å²) in [6, 6.07) is 48.2. The molecule has 6 aromatic carbocycles. The molecule has 0 aliphatic heterocycles. The summed E-state index contributed by atoms with van der Waals surface area (Å²) < 4.78 is 11.2. The number of pyridine rings is 1. The maximum absolute atomic E-state index is 12.2. The van der Waals surface area contributed by atoms with Crippen LogP contribution in [0.25, 0.3) is 72.7 Å². The first-order chi connectivity index (χ1) is 28.4. The summed E-state index contributed by atoms with van der Waals surface area (Å²) in [4.78, 5) is 10.4. The Morgan fingerprint density at radius 2 is 1.37 bits per heavy atom. The molecule has 8 rings (SSSR count). The Morgan fingerprint density at radius 3 is 2.05 bits per heavy atom. The number of hydrogen-bond donors (Lipinski definition) is 1. The van der Waals surface area contributed by atoms with Gasteiger partial charge in [-0.05, 0) is 88.7 Å². The first-order valence-corrected chi connectivity index (χ1v) is 20.5. The second kappa shape index (κ2) is 16.5. The molecule has 0 saturated carbocycles. The van der Waals surface area contributed by atoms with Crippen LogP contribution in [-0.2, 0) is 31.9 Å². The second-order valence-corrected chi connectivity index (χ2v) is 18.2. The molecular formula is C55H54N3OPt-. The van der Waals surface area contributed by atoms with E-state index in [0.717, 1.165) is 83.6 Å². The summed E-state index contributed by atoms with van der Waals surface area (Å²) in [7, 11) is 0. The van der Waals surface area contributed by atoms with Gasteiger partial charge in [-0.2, -0.15) is 0 Å². The van der Waals surface area contributed by atoms with Crippen molar-refractivity contribution in [2.45, 2.75) is 86.0 Å². The zero-order valence-electron chi connectivity index (χ0n) is 37.3. The Bertz CT molecular complexity index is 2890. The number of aromatic nitrogens is 3. The maximum Gasteiger partial charge on any atom is 0.148 e. The first-order valence-electron chi connectivity index (χ1n) is 21.0. The van der Waals surface area contributed by atoms with Crippen molar-refractivity contribution in [3.05, 3.63) is 167 Å². The number of aryl methyl sites for hydroxylation is 2. The van der Waals surface area contributed by atoms with Crippen LogP contribution in [0.1, 0.15) is 90.5 Å². The van der Waals surface area contributed by atoms with E-state index >= 15 is 0 Å². The molecule has 0 fully saturated rings. The molecule has 0 bridgehead atoms. The third-order valence-electron chi connectivity index (χ3n) is 11.3. The SMILES string of the molecule is [2H]C(C)(C)c1ccc(-n2c(-c3cc(C)cc(C(C)(C)C)c3O)nc3c(-c4[c-]c(-c5cc(-c6ccc(C)cc6)ccn5)cc(C(C)(C)C)c4)cccc32)c(-c2ccccc2)c1.[Pt]. The zero-order valence-corrected chi connectivity index (χ0v) is 38.6. The van der Waals surface area contributed by atoms with Gasteiger partial charge < -0.3 is 5.11 Å². The number of nitrogens with zero attached hydrogens (tertiary/aromatic N) is 3. The van der Waals surface area contributed by atoms with E-state index in [1.807, 2.05) is 44.3 Å². The van der Waals surface area contributed by atoms with Crippen molar-refractivity contribution < 1.29 is 27.5 Å².